The summed E-state index contributed by atoms with van der Waals surface area (Å²) < 4.78 is 5.81. The molecule has 1 atom stereocenters. The van der Waals surface area contributed by atoms with Gasteiger partial charge in [-0.05, 0) is 59.6 Å². The lowest BCUT2D eigenvalue weighted by Crippen LogP contribution is -1.96. The molecule has 20 heavy (non-hydrogen) atoms. The highest BCUT2D eigenvalue weighted by Crippen LogP contribution is 2.40. The van der Waals surface area contributed by atoms with Gasteiger partial charge >= 0.3 is 0 Å². The lowest BCUT2D eigenvalue weighted by atomic mass is 10.0. The fourth-order valence-corrected chi connectivity index (χ4v) is 4.00. The molecule has 1 nitrogen and oxygen atoms in total. The quantitative estimate of drug-likeness (QED) is 0.663. The van der Waals surface area contributed by atoms with E-state index in [2.05, 4.69) is 55.1 Å². The zero-order chi connectivity index (χ0) is 13.8. The predicted molar refractivity (Wildman–Crippen MR) is 88.8 cm³/mol. The molecule has 106 valence electrons. The molecule has 0 N–H and O–H groups in total. The molecule has 0 saturated carbocycles. The van der Waals surface area contributed by atoms with Gasteiger partial charge in [-0.3, -0.25) is 0 Å². The van der Waals surface area contributed by atoms with E-state index >= 15 is 0 Å². The molecule has 0 aromatic heterocycles. The minimum absolute atomic E-state index is 0.698. The maximum atomic E-state index is 5.81. The monoisotopic (exact) mass is 286 g/mol. The summed E-state index contributed by atoms with van der Waals surface area (Å²) in [5, 5.41) is 3.31. The molecule has 1 aliphatic heterocycles. The molecule has 0 amide bonds. The fraction of sp³-hybridized carbons (Fsp3) is 0.444. The van der Waals surface area contributed by atoms with E-state index in [4.69, 9.17) is 4.74 Å². The van der Waals surface area contributed by atoms with Crippen LogP contribution in [0.1, 0.15) is 43.4 Å². The summed E-state index contributed by atoms with van der Waals surface area (Å²) in [6, 6.07) is 13.3. The first-order chi connectivity index (χ1) is 9.86. The van der Waals surface area contributed by atoms with E-state index in [1.54, 1.807) is 0 Å². The molecule has 0 bridgehead atoms. The molecule has 0 radical (unpaired) electrons. The molecular weight excluding hydrogens is 264 g/mol. The van der Waals surface area contributed by atoms with Crippen LogP contribution in [0.4, 0.5) is 0 Å². The Kier molecular flexibility index (Phi) is 4.51. The SMILES string of the molecule is CCCCOc1ccc2ccc(C3CCCS3)cc2c1. The van der Waals surface area contributed by atoms with E-state index in [-0.39, 0.29) is 0 Å². The second kappa shape index (κ2) is 6.53. The van der Waals surface area contributed by atoms with Crippen LogP contribution in [-0.2, 0) is 0 Å². The highest BCUT2D eigenvalue weighted by molar-refractivity contribution is 7.99. The molecule has 1 heterocycles. The Hall–Kier alpha value is -1.15. The number of hydrogen-bond acceptors (Lipinski definition) is 2. The predicted octanol–water partition coefficient (Wildman–Crippen LogP) is 5.59. The summed E-state index contributed by atoms with van der Waals surface area (Å²) >= 11 is 2.09. The zero-order valence-corrected chi connectivity index (χ0v) is 12.9. The van der Waals surface area contributed by atoms with Gasteiger partial charge in [-0.15, -0.1) is 0 Å². The van der Waals surface area contributed by atoms with Crippen molar-refractivity contribution in [2.45, 2.75) is 37.9 Å². The molecule has 1 fully saturated rings. The van der Waals surface area contributed by atoms with E-state index < -0.39 is 0 Å². The number of unbranched alkanes of at least 4 members (excludes halogenated alkanes) is 1. The van der Waals surface area contributed by atoms with E-state index in [0.717, 1.165) is 18.8 Å². The number of rotatable bonds is 5. The van der Waals surface area contributed by atoms with Crippen molar-refractivity contribution in [1.29, 1.82) is 0 Å². The molecule has 0 spiro atoms. The number of thioether (sulfide) groups is 1. The lowest BCUT2D eigenvalue weighted by molar-refractivity contribution is 0.310. The third-order valence-electron chi connectivity index (χ3n) is 3.90. The van der Waals surface area contributed by atoms with Gasteiger partial charge in [0.25, 0.3) is 0 Å². The standard InChI is InChI=1S/C18H22OS/c1-2-3-10-19-17-9-8-14-6-7-15(12-16(14)13-17)18-5-4-11-20-18/h6-9,12-13,18H,2-5,10-11H2,1H3. The topological polar surface area (TPSA) is 9.23 Å². The van der Waals surface area contributed by atoms with Gasteiger partial charge in [0.05, 0.1) is 6.61 Å². The van der Waals surface area contributed by atoms with Crippen LogP contribution in [0.3, 0.4) is 0 Å². The van der Waals surface area contributed by atoms with Crippen LogP contribution in [0.5, 0.6) is 5.75 Å². The van der Waals surface area contributed by atoms with Crippen molar-refractivity contribution in [3.8, 4) is 5.75 Å². The lowest BCUT2D eigenvalue weighted by Gasteiger charge is -2.11. The summed E-state index contributed by atoms with van der Waals surface area (Å²) in [7, 11) is 0. The number of benzene rings is 2. The van der Waals surface area contributed by atoms with Gasteiger partial charge < -0.3 is 4.74 Å². The molecule has 0 aliphatic carbocycles. The Morgan fingerprint density at radius 1 is 1.15 bits per heavy atom. The van der Waals surface area contributed by atoms with Crippen LogP contribution in [0, 0.1) is 0 Å². The second-order valence-corrected chi connectivity index (χ2v) is 6.78. The Labute approximate surface area is 125 Å². The van der Waals surface area contributed by atoms with E-state index in [1.807, 2.05) is 0 Å². The van der Waals surface area contributed by atoms with Gasteiger partial charge in [0.2, 0.25) is 0 Å². The van der Waals surface area contributed by atoms with Crippen LogP contribution < -0.4 is 4.74 Å². The number of ether oxygens (including phenoxy) is 1. The molecule has 2 aromatic rings. The van der Waals surface area contributed by atoms with Gasteiger partial charge in [0.15, 0.2) is 0 Å². The third kappa shape index (κ3) is 3.12. The van der Waals surface area contributed by atoms with Crippen LogP contribution in [0.25, 0.3) is 10.8 Å². The van der Waals surface area contributed by atoms with E-state index in [1.165, 1.54) is 41.4 Å². The number of fused-ring (bicyclic) bond motifs is 1. The van der Waals surface area contributed by atoms with Crippen molar-refractivity contribution in [3.63, 3.8) is 0 Å². The van der Waals surface area contributed by atoms with Gasteiger partial charge in [-0.25, -0.2) is 0 Å². The maximum absolute atomic E-state index is 5.81. The normalized spacial score (nSPS) is 18.6. The first kappa shape index (κ1) is 13.8. The highest BCUT2D eigenvalue weighted by Gasteiger charge is 2.17. The van der Waals surface area contributed by atoms with Crippen LogP contribution >= 0.6 is 11.8 Å². The third-order valence-corrected chi connectivity index (χ3v) is 5.34. The molecule has 1 saturated heterocycles. The van der Waals surface area contributed by atoms with Crippen LogP contribution in [0.15, 0.2) is 36.4 Å². The summed E-state index contributed by atoms with van der Waals surface area (Å²) in [5.74, 6) is 2.31. The van der Waals surface area contributed by atoms with Crippen molar-refractivity contribution in [3.05, 3.63) is 42.0 Å². The maximum Gasteiger partial charge on any atom is 0.119 e. The fourth-order valence-electron chi connectivity index (χ4n) is 2.71. The Morgan fingerprint density at radius 3 is 2.85 bits per heavy atom. The second-order valence-electron chi connectivity index (χ2n) is 5.47. The average molecular weight is 286 g/mol. The highest BCUT2D eigenvalue weighted by atomic mass is 32.2. The van der Waals surface area contributed by atoms with Crippen molar-refractivity contribution in [1.82, 2.24) is 0 Å². The van der Waals surface area contributed by atoms with Crippen molar-refractivity contribution in [2.75, 3.05) is 12.4 Å². The van der Waals surface area contributed by atoms with Gasteiger partial charge in [-0.1, -0.05) is 31.5 Å². The van der Waals surface area contributed by atoms with Crippen molar-refractivity contribution < 1.29 is 4.74 Å². The molecule has 3 rings (SSSR count). The smallest absolute Gasteiger partial charge is 0.119 e. The summed E-state index contributed by atoms with van der Waals surface area (Å²) in [6.07, 6.45) is 4.98. The first-order valence-electron chi connectivity index (χ1n) is 7.65. The Bertz CT molecular complexity index is 573. The van der Waals surface area contributed by atoms with Gasteiger partial charge in [0, 0.05) is 5.25 Å². The van der Waals surface area contributed by atoms with Crippen molar-refractivity contribution in [2.24, 2.45) is 0 Å². The average Bonchev–Trinajstić information content (AvgIpc) is 3.01. The molecule has 1 unspecified atom stereocenters. The molecule has 2 aromatic carbocycles. The molecule has 2 heteroatoms. The summed E-state index contributed by atoms with van der Waals surface area (Å²) in [4.78, 5) is 0. The minimum Gasteiger partial charge on any atom is -0.494 e. The Morgan fingerprint density at radius 2 is 2.05 bits per heavy atom. The summed E-state index contributed by atoms with van der Waals surface area (Å²) in [5.41, 5.74) is 1.48. The molecular formula is C18H22OS. The van der Waals surface area contributed by atoms with Crippen molar-refractivity contribution >= 4 is 22.5 Å². The van der Waals surface area contributed by atoms with E-state index in [9.17, 15) is 0 Å². The number of hydrogen-bond donors (Lipinski definition) is 0. The zero-order valence-electron chi connectivity index (χ0n) is 12.1. The Balaban J connectivity index is 1.82. The first-order valence-corrected chi connectivity index (χ1v) is 8.70. The van der Waals surface area contributed by atoms with E-state index in [0.29, 0.717) is 5.25 Å². The van der Waals surface area contributed by atoms with Gasteiger partial charge in [-0.2, -0.15) is 11.8 Å². The van der Waals surface area contributed by atoms with Crippen LogP contribution in [-0.4, -0.2) is 12.4 Å². The van der Waals surface area contributed by atoms with Gasteiger partial charge in [0.1, 0.15) is 5.75 Å². The summed E-state index contributed by atoms with van der Waals surface area (Å²) in [6.45, 7) is 3.01. The molecule has 1 aliphatic rings. The minimum atomic E-state index is 0.698. The van der Waals surface area contributed by atoms with Crippen LogP contribution in [0.2, 0.25) is 0 Å². The largest absolute Gasteiger partial charge is 0.494 e.